The molecule has 20 heavy (non-hydrogen) atoms. The van der Waals surface area contributed by atoms with Crippen LogP contribution in [0.5, 0.6) is 11.6 Å². The Balaban J connectivity index is 2.41. The molecule has 0 aliphatic carbocycles. The number of pyridine rings is 1. The lowest BCUT2D eigenvalue weighted by molar-refractivity contribution is 0.0690. The molecule has 0 radical (unpaired) electrons. The van der Waals surface area contributed by atoms with Crippen molar-refractivity contribution < 1.29 is 14.6 Å². The number of hydrogen-bond acceptors (Lipinski definition) is 4. The molecule has 1 aromatic heterocycles. The Kier molecular flexibility index (Phi) is 4.23. The van der Waals surface area contributed by atoms with Crippen molar-refractivity contribution >= 4 is 46.5 Å². The molecule has 1 heterocycles. The highest BCUT2D eigenvalue weighted by molar-refractivity contribution is 6.35. The third kappa shape index (κ3) is 3.25. The Bertz CT molecular complexity index is 672. The Morgan fingerprint density at radius 1 is 1.15 bits per heavy atom. The normalized spacial score (nSPS) is 10.3. The van der Waals surface area contributed by atoms with Crippen LogP contribution < -0.4 is 10.5 Å². The number of nitrogen functional groups attached to an aromatic ring is 1. The minimum atomic E-state index is -1.31. The summed E-state index contributed by atoms with van der Waals surface area (Å²) in [5.74, 6) is -1.04. The van der Waals surface area contributed by atoms with Crippen LogP contribution in [0.15, 0.2) is 24.3 Å². The van der Waals surface area contributed by atoms with Crippen LogP contribution in [0.25, 0.3) is 0 Å². The minimum Gasteiger partial charge on any atom is -0.476 e. The molecule has 2 rings (SSSR count). The molecule has 104 valence electrons. The molecule has 1 aromatic carbocycles. The first-order chi connectivity index (χ1) is 9.36. The SMILES string of the molecule is Nc1cc(Oc2cc(Cl)cc(Cl)c2)nc(C(=O)O)c1Cl. The minimum absolute atomic E-state index is 0.0253. The van der Waals surface area contributed by atoms with Crippen molar-refractivity contribution in [2.75, 3.05) is 5.73 Å². The quantitative estimate of drug-likeness (QED) is 0.882. The van der Waals surface area contributed by atoms with Crippen molar-refractivity contribution in [3.8, 4) is 11.6 Å². The zero-order chi connectivity index (χ0) is 14.9. The van der Waals surface area contributed by atoms with E-state index in [0.29, 0.717) is 15.8 Å². The molecule has 0 bridgehead atoms. The van der Waals surface area contributed by atoms with Gasteiger partial charge in [0, 0.05) is 16.1 Å². The summed E-state index contributed by atoms with van der Waals surface area (Å²) in [6, 6.07) is 5.84. The van der Waals surface area contributed by atoms with E-state index in [9.17, 15) is 4.79 Å². The first-order valence-corrected chi connectivity index (χ1v) is 6.33. The van der Waals surface area contributed by atoms with Crippen molar-refractivity contribution in [2.45, 2.75) is 0 Å². The van der Waals surface area contributed by atoms with Gasteiger partial charge < -0.3 is 15.6 Å². The van der Waals surface area contributed by atoms with Gasteiger partial charge in [0.2, 0.25) is 5.88 Å². The van der Waals surface area contributed by atoms with Gasteiger partial charge in [0.05, 0.1) is 10.7 Å². The molecule has 0 aliphatic rings. The molecule has 5 nitrogen and oxygen atoms in total. The smallest absolute Gasteiger partial charge is 0.356 e. The zero-order valence-electron chi connectivity index (χ0n) is 9.73. The van der Waals surface area contributed by atoms with E-state index in [-0.39, 0.29) is 16.6 Å². The van der Waals surface area contributed by atoms with Crippen molar-refractivity contribution in [1.29, 1.82) is 0 Å². The van der Waals surface area contributed by atoms with Crippen LogP contribution in [0, 0.1) is 0 Å². The van der Waals surface area contributed by atoms with Gasteiger partial charge in [-0.05, 0) is 18.2 Å². The molecule has 0 atom stereocenters. The predicted octanol–water partition coefficient (Wildman–Crippen LogP) is 4.11. The van der Waals surface area contributed by atoms with Gasteiger partial charge in [-0.1, -0.05) is 34.8 Å². The lowest BCUT2D eigenvalue weighted by Gasteiger charge is -2.09. The largest absolute Gasteiger partial charge is 0.476 e. The van der Waals surface area contributed by atoms with Crippen LogP contribution >= 0.6 is 34.8 Å². The summed E-state index contributed by atoms with van der Waals surface area (Å²) >= 11 is 17.4. The van der Waals surface area contributed by atoms with E-state index in [1.54, 1.807) is 0 Å². The maximum absolute atomic E-state index is 11.0. The highest BCUT2D eigenvalue weighted by atomic mass is 35.5. The fourth-order valence-corrected chi connectivity index (χ4v) is 2.11. The molecule has 3 N–H and O–H groups in total. The average molecular weight is 334 g/mol. The third-order valence-electron chi connectivity index (χ3n) is 2.22. The summed E-state index contributed by atoms with van der Waals surface area (Å²) < 4.78 is 5.38. The van der Waals surface area contributed by atoms with E-state index >= 15 is 0 Å². The van der Waals surface area contributed by atoms with E-state index in [4.69, 9.17) is 50.4 Å². The van der Waals surface area contributed by atoms with Gasteiger partial charge >= 0.3 is 5.97 Å². The number of nitrogens with two attached hydrogens (primary N) is 1. The molecule has 0 unspecified atom stereocenters. The molecular weight excluding hydrogens is 327 g/mol. The molecule has 0 saturated heterocycles. The molecule has 2 aromatic rings. The van der Waals surface area contributed by atoms with Crippen molar-refractivity contribution in [1.82, 2.24) is 4.98 Å². The molecule has 0 spiro atoms. The van der Waals surface area contributed by atoms with Gasteiger partial charge in [-0.2, -0.15) is 0 Å². The lowest BCUT2D eigenvalue weighted by Crippen LogP contribution is -2.05. The summed E-state index contributed by atoms with van der Waals surface area (Å²) in [5, 5.41) is 9.56. The number of carboxylic acids is 1. The highest BCUT2D eigenvalue weighted by Crippen LogP contribution is 2.31. The standard InChI is InChI=1S/C12H7Cl3N2O3/c13-5-1-6(14)3-7(2-5)20-9-4-8(16)10(15)11(17-9)12(18)19/h1-4H,(H2,16,17)(H,18,19). The van der Waals surface area contributed by atoms with Crippen LogP contribution in [0.3, 0.4) is 0 Å². The van der Waals surface area contributed by atoms with Gasteiger partial charge in [0.25, 0.3) is 0 Å². The molecule has 0 aliphatic heterocycles. The number of nitrogens with zero attached hydrogens (tertiary/aromatic N) is 1. The molecular formula is C12H7Cl3N2O3. The first kappa shape index (κ1) is 14.7. The Morgan fingerprint density at radius 2 is 1.75 bits per heavy atom. The number of ether oxygens (including phenoxy) is 1. The van der Waals surface area contributed by atoms with E-state index in [1.807, 2.05) is 0 Å². The van der Waals surface area contributed by atoms with Crippen LogP contribution in [-0.2, 0) is 0 Å². The number of anilines is 1. The second kappa shape index (κ2) is 5.75. The van der Waals surface area contributed by atoms with Gasteiger partial charge in [-0.3, -0.25) is 0 Å². The van der Waals surface area contributed by atoms with Crippen LogP contribution in [0.4, 0.5) is 5.69 Å². The summed E-state index contributed by atoms with van der Waals surface area (Å²) in [5.41, 5.74) is 5.26. The van der Waals surface area contributed by atoms with E-state index < -0.39 is 11.7 Å². The number of halogens is 3. The van der Waals surface area contributed by atoms with Crippen LogP contribution in [0.2, 0.25) is 15.1 Å². The number of hydrogen-bond donors (Lipinski definition) is 2. The first-order valence-electron chi connectivity index (χ1n) is 5.20. The fraction of sp³-hybridized carbons (Fsp3) is 0. The summed E-state index contributed by atoms with van der Waals surface area (Å²) in [6.07, 6.45) is 0. The number of carbonyl (C=O) groups is 1. The van der Waals surface area contributed by atoms with Crippen LogP contribution in [0.1, 0.15) is 10.5 Å². The van der Waals surface area contributed by atoms with E-state index in [2.05, 4.69) is 4.98 Å². The maximum atomic E-state index is 11.0. The summed E-state index contributed by atoms with van der Waals surface area (Å²) in [6.45, 7) is 0. The fourth-order valence-electron chi connectivity index (χ4n) is 1.43. The van der Waals surface area contributed by atoms with Gasteiger partial charge in [0.15, 0.2) is 5.69 Å². The number of benzene rings is 1. The zero-order valence-corrected chi connectivity index (χ0v) is 12.0. The molecule has 8 heteroatoms. The third-order valence-corrected chi connectivity index (χ3v) is 3.06. The molecule has 0 fully saturated rings. The second-order valence-electron chi connectivity index (χ2n) is 3.72. The van der Waals surface area contributed by atoms with Crippen molar-refractivity contribution in [2.24, 2.45) is 0 Å². The van der Waals surface area contributed by atoms with Gasteiger partial charge in [-0.25, -0.2) is 9.78 Å². The molecule has 0 saturated carbocycles. The van der Waals surface area contributed by atoms with Crippen molar-refractivity contribution in [3.05, 3.63) is 45.0 Å². The maximum Gasteiger partial charge on any atom is 0.356 e. The van der Waals surface area contributed by atoms with Crippen LogP contribution in [-0.4, -0.2) is 16.1 Å². The topological polar surface area (TPSA) is 85.4 Å². The summed E-state index contributed by atoms with van der Waals surface area (Å²) in [7, 11) is 0. The Morgan fingerprint density at radius 3 is 2.30 bits per heavy atom. The number of rotatable bonds is 3. The lowest BCUT2D eigenvalue weighted by atomic mass is 10.3. The second-order valence-corrected chi connectivity index (χ2v) is 4.98. The highest BCUT2D eigenvalue weighted by Gasteiger charge is 2.16. The Hall–Kier alpha value is -1.69. The van der Waals surface area contributed by atoms with E-state index in [1.165, 1.54) is 24.3 Å². The monoisotopic (exact) mass is 332 g/mol. The Labute approximate surface area is 128 Å². The summed E-state index contributed by atoms with van der Waals surface area (Å²) in [4.78, 5) is 14.8. The van der Waals surface area contributed by atoms with Crippen molar-refractivity contribution in [3.63, 3.8) is 0 Å². The average Bonchev–Trinajstić information content (AvgIpc) is 2.31. The number of aromatic carboxylic acids is 1. The number of aromatic nitrogens is 1. The van der Waals surface area contributed by atoms with Gasteiger partial charge in [-0.15, -0.1) is 0 Å². The van der Waals surface area contributed by atoms with Gasteiger partial charge in [0.1, 0.15) is 5.75 Å². The number of carboxylic acid groups (broad SMARTS) is 1. The molecule has 0 amide bonds. The predicted molar refractivity (Wildman–Crippen MR) is 77.2 cm³/mol. The van der Waals surface area contributed by atoms with E-state index in [0.717, 1.165) is 0 Å².